The third-order valence-corrected chi connectivity index (χ3v) is 4.44. The Kier molecular flexibility index (Phi) is 7.29. The van der Waals surface area contributed by atoms with Crippen LogP contribution in [0.4, 0.5) is 5.82 Å². The Labute approximate surface area is 131 Å². The minimum Gasteiger partial charge on any atom is -0.355 e. The molecule has 1 aromatic rings. The number of hydrogen-bond donors (Lipinski definition) is 1. The Balaban J connectivity index is 0.000000902. The lowest BCUT2D eigenvalue weighted by atomic mass is 10.1. The van der Waals surface area contributed by atoms with E-state index in [1.54, 1.807) is 0 Å². The highest BCUT2D eigenvalue weighted by Gasteiger charge is 2.15. The first kappa shape index (κ1) is 16.9. The number of thioether (sulfide) groups is 1. The van der Waals surface area contributed by atoms with Gasteiger partial charge in [-0.05, 0) is 24.6 Å². The number of halogens is 2. The van der Waals surface area contributed by atoms with Gasteiger partial charge < -0.3 is 10.2 Å². The summed E-state index contributed by atoms with van der Waals surface area (Å²) in [5.41, 5.74) is 2.75. The van der Waals surface area contributed by atoms with E-state index in [0.29, 0.717) is 0 Å². The zero-order chi connectivity index (χ0) is 11.5. The van der Waals surface area contributed by atoms with Crippen molar-refractivity contribution in [2.24, 2.45) is 0 Å². The standard InChI is InChI=1S/C13H19N3S.2ClH/c1-2-13(16-7-9-17-10-8-16)15-12-4-6-14-5-3-11(1)12;;/h1-2,14H,3-10H2;2*1H. The molecule has 2 aliphatic rings. The molecule has 3 rings (SSSR count). The fourth-order valence-corrected chi connectivity index (χ4v) is 3.39. The molecule has 6 heteroatoms. The summed E-state index contributed by atoms with van der Waals surface area (Å²) in [5.74, 6) is 3.66. The highest BCUT2D eigenvalue weighted by Crippen LogP contribution is 2.20. The number of rotatable bonds is 1. The second-order valence-electron chi connectivity index (χ2n) is 4.62. The van der Waals surface area contributed by atoms with Crippen molar-refractivity contribution in [1.82, 2.24) is 10.3 Å². The van der Waals surface area contributed by atoms with E-state index < -0.39 is 0 Å². The summed E-state index contributed by atoms with van der Waals surface area (Å²) in [6.07, 6.45) is 2.20. The minimum absolute atomic E-state index is 0. The van der Waals surface area contributed by atoms with Gasteiger partial charge in [0.15, 0.2) is 0 Å². The minimum atomic E-state index is 0. The highest BCUT2D eigenvalue weighted by atomic mass is 35.5. The molecule has 1 fully saturated rings. The molecule has 1 N–H and O–H groups in total. The van der Waals surface area contributed by atoms with E-state index in [9.17, 15) is 0 Å². The predicted octanol–water partition coefficient (Wildman–Crippen LogP) is 2.17. The normalized spacial score (nSPS) is 18.6. The Morgan fingerprint density at radius 2 is 1.79 bits per heavy atom. The molecule has 3 nitrogen and oxygen atoms in total. The monoisotopic (exact) mass is 321 g/mol. The van der Waals surface area contributed by atoms with Gasteiger partial charge in [-0.15, -0.1) is 24.8 Å². The van der Waals surface area contributed by atoms with Gasteiger partial charge in [-0.25, -0.2) is 4.98 Å². The maximum absolute atomic E-state index is 4.87. The largest absolute Gasteiger partial charge is 0.355 e. The van der Waals surface area contributed by atoms with Gasteiger partial charge >= 0.3 is 0 Å². The second kappa shape index (κ2) is 8.20. The van der Waals surface area contributed by atoms with E-state index in [1.807, 2.05) is 11.8 Å². The van der Waals surface area contributed by atoms with Crippen molar-refractivity contribution in [3.63, 3.8) is 0 Å². The summed E-state index contributed by atoms with van der Waals surface area (Å²) in [4.78, 5) is 7.30. The lowest BCUT2D eigenvalue weighted by molar-refractivity contribution is 0.708. The first-order valence-corrected chi connectivity index (χ1v) is 7.61. The molecule has 0 amide bonds. The topological polar surface area (TPSA) is 28.2 Å². The van der Waals surface area contributed by atoms with Crippen molar-refractivity contribution in [3.8, 4) is 0 Å². The molecular weight excluding hydrogens is 301 g/mol. The lowest BCUT2D eigenvalue weighted by Crippen LogP contribution is -2.33. The molecule has 1 saturated heterocycles. The molecular formula is C13H21Cl2N3S. The van der Waals surface area contributed by atoms with Crippen LogP contribution in [0.5, 0.6) is 0 Å². The van der Waals surface area contributed by atoms with Crippen LogP contribution < -0.4 is 10.2 Å². The number of nitrogens with zero attached hydrogens (tertiary/aromatic N) is 2. The van der Waals surface area contributed by atoms with Crippen molar-refractivity contribution in [2.45, 2.75) is 12.8 Å². The van der Waals surface area contributed by atoms with Crippen molar-refractivity contribution in [2.75, 3.05) is 42.6 Å². The molecule has 1 aromatic heterocycles. The lowest BCUT2D eigenvalue weighted by Gasteiger charge is -2.28. The number of aromatic nitrogens is 1. The number of fused-ring (bicyclic) bond motifs is 1. The van der Waals surface area contributed by atoms with Gasteiger partial charge in [0.1, 0.15) is 5.82 Å². The van der Waals surface area contributed by atoms with Gasteiger partial charge in [0.05, 0.1) is 0 Å². The molecule has 0 radical (unpaired) electrons. The summed E-state index contributed by atoms with van der Waals surface area (Å²) in [7, 11) is 0. The molecule has 3 heterocycles. The molecule has 0 aromatic carbocycles. The summed E-state index contributed by atoms with van der Waals surface area (Å²) >= 11 is 2.05. The van der Waals surface area contributed by atoms with Gasteiger partial charge in [-0.3, -0.25) is 0 Å². The number of nitrogens with one attached hydrogen (secondary N) is 1. The molecule has 0 bridgehead atoms. The SMILES string of the molecule is Cl.Cl.c1cc2c(nc1N1CCSCC1)CCNCC2. The van der Waals surface area contributed by atoms with Crippen LogP contribution in [0.3, 0.4) is 0 Å². The molecule has 0 spiro atoms. The number of anilines is 1. The van der Waals surface area contributed by atoms with Crippen LogP contribution in [-0.4, -0.2) is 42.7 Å². The third kappa shape index (κ3) is 4.15. The first-order valence-electron chi connectivity index (χ1n) is 6.46. The summed E-state index contributed by atoms with van der Waals surface area (Å²) in [5, 5.41) is 3.44. The Morgan fingerprint density at radius 3 is 2.58 bits per heavy atom. The van der Waals surface area contributed by atoms with Crippen LogP contribution in [0, 0.1) is 0 Å². The molecule has 108 valence electrons. The zero-order valence-electron chi connectivity index (χ0n) is 10.9. The van der Waals surface area contributed by atoms with Crippen LogP contribution in [-0.2, 0) is 12.8 Å². The van der Waals surface area contributed by atoms with Gasteiger partial charge in [0.2, 0.25) is 0 Å². The van der Waals surface area contributed by atoms with E-state index in [4.69, 9.17) is 4.98 Å². The average molecular weight is 322 g/mol. The predicted molar refractivity (Wildman–Crippen MR) is 88.5 cm³/mol. The Bertz CT molecular complexity index is 397. The van der Waals surface area contributed by atoms with Gasteiger partial charge in [0.25, 0.3) is 0 Å². The van der Waals surface area contributed by atoms with Gasteiger partial charge in [0, 0.05) is 43.3 Å². The zero-order valence-corrected chi connectivity index (χ0v) is 13.4. The maximum Gasteiger partial charge on any atom is 0.128 e. The molecule has 0 atom stereocenters. The summed E-state index contributed by atoms with van der Waals surface area (Å²) < 4.78 is 0. The van der Waals surface area contributed by atoms with Crippen LogP contribution in [0.2, 0.25) is 0 Å². The van der Waals surface area contributed by atoms with Crippen molar-refractivity contribution < 1.29 is 0 Å². The third-order valence-electron chi connectivity index (χ3n) is 3.50. The maximum atomic E-state index is 4.87. The summed E-state index contributed by atoms with van der Waals surface area (Å²) in [6, 6.07) is 4.49. The van der Waals surface area contributed by atoms with E-state index in [1.165, 1.54) is 28.6 Å². The van der Waals surface area contributed by atoms with Gasteiger partial charge in [-0.1, -0.05) is 6.07 Å². The number of hydrogen-bond acceptors (Lipinski definition) is 4. The molecule has 19 heavy (non-hydrogen) atoms. The fourth-order valence-electron chi connectivity index (χ4n) is 2.49. The molecule has 2 aliphatic heterocycles. The Hall–Kier alpha value is -0.160. The second-order valence-corrected chi connectivity index (χ2v) is 5.85. The van der Waals surface area contributed by atoms with E-state index in [0.717, 1.165) is 39.0 Å². The number of pyridine rings is 1. The summed E-state index contributed by atoms with van der Waals surface area (Å²) in [6.45, 7) is 4.46. The van der Waals surface area contributed by atoms with E-state index in [2.05, 4.69) is 22.3 Å². The van der Waals surface area contributed by atoms with Gasteiger partial charge in [-0.2, -0.15) is 11.8 Å². The fraction of sp³-hybridized carbons (Fsp3) is 0.615. The quantitative estimate of drug-likeness (QED) is 0.858. The van der Waals surface area contributed by atoms with Crippen LogP contribution in [0.25, 0.3) is 0 Å². The Morgan fingerprint density at radius 1 is 1.05 bits per heavy atom. The molecule has 0 saturated carbocycles. The molecule has 0 unspecified atom stereocenters. The first-order chi connectivity index (χ1) is 8.43. The van der Waals surface area contributed by atoms with E-state index >= 15 is 0 Å². The molecule has 0 aliphatic carbocycles. The van der Waals surface area contributed by atoms with Crippen molar-refractivity contribution >= 4 is 42.4 Å². The highest BCUT2D eigenvalue weighted by molar-refractivity contribution is 7.99. The average Bonchev–Trinajstić information content (AvgIpc) is 2.64. The smallest absolute Gasteiger partial charge is 0.128 e. The van der Waals surface area contributed by atoms with E-state index in [-0.39, 0.29) is 24.8 Å². The van der Waals surface area contributed by atoms with Crippen LogP contribution in [0.1, 0.15) is 11.3 Å². The van der Waals surface area contributed by atoms with Crippen LogP contribution >= 0.6 is 36.6 Å². The van der Waals surface area contributed by atoms with Crippen molar-refractivity contribution in [1.29, 1.82) is 0 Å². The van der Waals surface area contributed by atoms with Crippen LogP contribution in [0.15, 0.2) is 12.1 Å². The van der Waals surface area contributed by atoms with Crippen molar-refractivity contribution in [3.05, 3.63) is 23.4 Å².